The molecule has 1 heterocycles. The molecular weight excluding hydrogens is 341 g/mol. The minimum Gasteiger partial charge on any atom is -0.465 e. The van der Waals surface area contributed by atoms with Gasteiger partial charge in [-0.1, -0.05) is 17.7 Å². The highest BCUT2D eigenvalue weighted by Gasteiger charge is 2.21. The van der Waals surface area contributed by atoms with E-state index in [4.69, 9.17) is 11.6 Å². The number of hydrogen-bond donors (Lipinski definition) is 0. The summed E-state index contributed by atoms with van der Waals surface area (Å²) in [6, 6.07) is 3.78. The standard InChI is InChI=1S/C16H17ClFNO3S/c1-22-16(21)13(8-11-2-3-12(18)9-14(11)17)15(20)4-5-19-6-7-23-10-19/h2-3,8-9H,4-7,10H2,1H3/b13-8-. The Balaban J connectivity index is 2.16. The maximum absolute atomic E-state index is 13.1. The predicted molar refractivity (Wildman–Crippen MR) is 89.9 cm³/mol. The first kappa shape index (κ1) is 18.0. The fraction of sp³-hybridized carbons (Fsp3) is 0.375. The summed E-state index contributed by atoms with van der Waals surface area (Å²) in [4.78, 5) is 26.4. The Morgan fingerprint density at radius 2 is 2.26 bits per heavy atom. The maximum atomic E-state index is 13.1. The molecule has 0 aromatic heterocycles. The number of esters is 1. The molecule has 0 spiro atoms. The van der Waals surface area contributed by atoms with Crippen LogP contribution in [0, 0.1) is 5.82 Å². The van der Waals surface area contributed by atoms with E-state index in [1.807, 2.05) is 11.8 Å². The van der Waals surface area contributed by atoms with E-state index >= 15 is 0 Å². The monoisotopic (exact) mass is 357 g/mol. The number of rotatable bonds is 6. The summed E-state index contributed by atoms with van der Waals surface area (Å²) in [6.07, 6.45) is 1.58. The van der Waals surface area contributed by atoms with Crippen LogP contribution < -0.4 is 0 Å². The molecule has 0 saturated carbocycles. The number of methoxy groups -OCH3 is 1. The van der Waals surface area contributed by atoms with E-state index in [1.54, 1.807) is 0 Å². The molecule has 4 nitrogen and oxygen atoms in total. The smallest absolute Gasteiger partial charge is 0.341 e. The summed E-state index contributed by atoms with van der Waals surface area (Å²) in [7, 11) is 1.22. The van der Waals surface area contributed by atoms with E-state index in [1.165, 1.54) is 25.3 Å². The van der Waals surface area contributed by atoms with Crippen molar-refractivity contribution in [3.05, 3.63) is 40.2 Å². The molecule has 1 fully saturated rings. The van der Waals surface area contributed by atoms with Gasteiger partial charge in [0.1, 0.15) is 11.4 Å². The highest BCUT2D eigenvalue weighted by molar-refractivity contribution is 7.99. The second kappa shape index (κ2) is 8.47. The summed E-state index contributed by atoms with van der Waals surface area (Å²) < 4.78 is 17.8. The van der Waals surface area contributed by atoms with Gasteiger partial charge in [0.25, 0.3) is 0 Å². The Hall–Kier alpha value is -1.37. The number of hydrogen-bond acceptors (Lipinski definition) is 5. The molecule has 2 rings (SSSR count). The summed E-state index contributed by atoms with van der Waals surface area (Å²) in [5.41, 5.74) is 0.325. The lowest BCUT2D eigenvalue weighted by Gasteiger charge is -2.13. The molecule has 0 aliphatic carbocycles. The van der Waals surface area contributed by atoms with Crippen molar-refractivity contribution < 1.29 is 18.7 Å². The van der Waals surface area contributed by atoms with Crippen molar-refractivity contribution in [2.45, 2.75) is 6.42 Å². The molecule has 1 aromatic rings. The second-order valence-electron chi connectivity index (χ2n) is 5.04. The summed E-state index contributed by atoms with van der Waals surface area (Å²) in [6.45, 7) is 1.54. The number of carbonyl (C=O) groups excluding carboxylic acids is 2. The average molecular weight is 358 g/mol. The number of halogens is 2. The van der Waals surface area contributed by atoms with Crippen LogP contribution in [0.2, 0.25) is 5.02 Å². The number of benzene rings is 1. The molecule has 1 aliphatic rings. The third kappa shape index (κ3) is 5.06. The van der Waals surface area contributed by atoms with Gasteiger partial charge in [0.2, 0.25) is 0 Å². The first-order valence-corrected chi connectivity index (χ1v) is 8.63. The lowest BCUT2D eigenvalue weighted by atomic mass is 10.0. The van der Waals surface area contributed by atoms with Gasteiger partial charge in [0.05, 0.1) is 12.1 Å². The molecule has 0 unspecified atom stereocenters. The maximum Gasteiger partial charge on any atom is 0.341 e. The number of carbonyl (C=O) groups is 2. The van der Waals surface area contributed by atoms with E-state index in [0.717, 1.165) is 24.2 Å². The second-order valence-corrected chi connectivity index (χ2v) is 6.53. The molecule has 1 saturated heterocycles. The number of ether oxygens (including phenoxy) is 1. The Morgan fingerprint density at radius 3 is 2.87 bits per heavy atom. The van der Waals surface area contributed by atoms with E-state index in [9.17, 15) is 14.0 Å². The number of nitrogens with zero attached hydrogens (tertiary/aromatic N) is 1. The molecule has 7 heteroatoms. The van der Waals surface area contributed by atoms with Gasteiger partial charge in [-0.25, -0.2) is 9.18 Å². The van der Waals surface area contributed by atoms with Gasteiger partial charge in [0, 0.05) is 31.1 Å². The van der Waals surface area contributed by atoms with Crippen molar-refractivity contribution in [1.82, 2.24) is 4.90 Å². The topological polar surface area (TPSA) is 46.6 Å². The van der Waals surface area contributed by atoms with Crippen molar-refractivity contribution in [3.63, 3.8) is 0 Å². The quantitative estimate of drug-likeness (QED) is 0.339. The van der Waals surface area contributed by atoms with Crippen LogP contribution in [0.1, 0.15) is 12.0 Å². The lowest BCUT2D eigenvalue weighted by molar-refractivity contribution is -0.137. The van der Waals surface area contributed by atoms with Crippen molar-refractivity contribution in [1.29, 1.82) is 0 Å². The number of Topliss-reactive ketones (excluding diaryl/α,β-unsaturated/α-hetero) is 1. The van der Waals surface area contributed by atoms with E-state index in [2.05, 4.69) is 9.64 Å². The van der Waals surface area contributed by atoms with Crippen LogP contribution in [0.25, 0.3) is 6.08 Å². The van der Waals surface area contributed by atoms with Gasteiger partial charge in [-0.15, -0.1) is 11.8 Å². The van der Waals surface area contributed by atoms with Gasteiger partial charge in [-0.05, 0) is 23.8 Å². The van der Waals surface area contributed by atoms with E-state index in [0.29, 0.717) is 12.1 Å². The Kier molecular flexibility index (Phi) is 6.62. The zero-order valence-electron chi connectivity index (χ0n) is 12.7. The fourth-order valence-electron chi connectivity index (χ4n) is 2.16. The highest BCUT2D eigenvalue weighted by Crippen LogP contribution is 2.21. The first-order chi connectivity index (χ1) is 11.0. The molecule has 0 bridgehead atoms. The van der Waals surface area contributed by atoms with Gasteiger partial charge >= 0.3 is 5.97 Å². The molecule has 0 radical (unpaired) electrons. The van der Waals surface area contributed by atoms with Crippen LogP contribution in [0.15, 0.2) is 23.8 Å². The van der Waals surface area contributed by atoms with Gasteiger partial charge in [-0.2, -0.15) is 0 Å². The summed E-state index contributed by atoms with van der Waals surface area (Å²) in [5.74, 6) is 0.443. The highest BCUT2D eigenvalue weighted by atomic mass is 35.5. The Morgan fingerprint density at radius 1 is 1.48 bits per heavy atom. The molecule has 124 valence electrons. The first-order valence-electron chi connectivity index (χ1n) is 7.09. The van der Waals surface area contributed by atoms with Crippen LogP contribution in [-0.4, -0.2) is 48.5 Å². The molecular formula is C16H17ClFNO3S. The number of thioether (sulfide) groups is 1. The van der Waals surface area contributed by atoms with Crippen LogP contribution >= 0.6 is 23.4 Å². The van der Waals surface area contributed by atoms with Gasteiger partial charge < -0.3 is 4.74 Å². The fourth-order valence-corrected chi connectivity index (χ4v) is 3.41. The van der Waals surface area contributed by atoms with Gasteiger partial charge in [-0.3, -0.25) is 9.69 Å². The molecule has 0 atom stereocenters. The van der Waals surface area contributed by atoms with Gasteiger partial charge in [0.15, 0.2) is 5.78 Å². The van der Waals surface area contributed by atoms with E-state index in [-0.39, 0.29) is 22.8 Å². The number of ketones is 1. The third-order valence-electron chi connectivity index (χ3n) is 3.45. The Bertz CT molecular complexity index is 630. The summed E-state index contributed by atoms with van der Waals surface area (Å²) in [5, 5.41) is 0.134. The zero-order chi connectivity index (χ0) is 16.8. The molecule has 1 aromatic carbocycles. The predicted octanol–water partition coefficient (Wildman–Crippen LogP) is 3.00. The molecule has 1 aliphatic heterocycles. The molecule has 0 amide bonds. The lowest BCUT2D eigenvalue weighted by Crippen LogP contribution is -2.25. The minimum absolute atomic E-state index is 0.0761. The zero-order valence-corrected chi connectivity index (χ0v) is 14.3. The summed E-state index contributed by atoms with van der Waals surface area (Å²) >= 11 is 7.76. The molecule has 0 N–H and O–H groups in total. The van der Waals surface area contributed by atoms with Crippen molar-refractivity contribution in [2.75, 3.05) is 31.8 Å². The molecule has 23 heavy (non-hydrogen) atoms. The SMILES string of the molecule is COC(=O)/C(=C\c1ccc(F)cc1Cl)C(=O)CCN1CCSC1. The average Bonchev–Trinajstić information content (AvgIpc) is 3.04. The minimum atomic E-state index is -0.716. The van der Waals surface area contributed by atoms with Crippen molar-refractivity contribution >= 4 is 41.2 Å². The van der Waals surface area contributed by atoms with Crippen LogP contribution in [0.5, 0.6) is 0 Å². The van der Waals surface area contributed by atoms with Crippen LogP contribution in [-0.2, 0) is 14.3 Å². The van der Waals surface area contributed by atoms with E-state index < -0.39 is 11.8 Å². The largest absolute Gasteiger partial charge is 0.465 e. The Labute approximate surface area is 143 Å². The van der Waals surface area contributed by atoms with Crippen LogP contribution in [0.3, 0.4) is 0 Å². The van der Waals surface area contributed by atoms with Crippen molar-refractivity contribution in [3.8, 4) is 0 Å². The third-order valence-corrected chi connectivity index (χ3v) is 4.80. The van der Waals surface area contributed by atoms with Crippen molar-refractivity contribution in [2.24, 2.45) is 0 Å². The normalized spacial score (nSPS) is 15.7. The van der Waals surface area contributed by atoms with Crippen LogP contribution in [0.4, 0.5) is 4.39 Å².